The number of esters is 1. The smallest absolute Gasteiger partial charge is 0.394 e. The molecule has 1 aromatic carbocycles. The first kappa shape index (κ1) is 19.8. The molecule has 0 bridgehead atoms. The van der Waals surface area contributed by atoms with Crippen molar-refractivity contribution in [2.24, 2.45) is 0 Å². The van der Waals surface area contributed by atoms with Crippen molar-refractivity contribution in [2.75, 3.05) is 11.1 Å². The number of aryl methyl sites for hydroxylation is 1. The number of hydrogen-bond acceptors (Lipinski definition) is 5. The fourth-order valence-electron chi connectivity index (χ4n) is 2.16. The molecular weight excluding hydrogens is 371 g/mol. The molecule has 1 aromatic heterocycles. The third-order valence-electron chi connectivity index (χ3n) is 3.14. The van der Waals surface area contributed by atoms with Gasteiger partial charge in [-0.3, -0.25) is 9.59 Å². The third-order valence-corrected chi connectivity index (χ3v) is 3.34. The Kier molecular flexibility index (Phi) is 6.30. The second-order valence-electron chi connectivity index (χ2n) is 5.33. The first-order chi connectivity index (χ1) is 12.2. The van der Waals surface area contributed by atoms with Crippen molar-refractivity contribution in [1.82, 2.24) is 9.78 Å². The van der Waals surface area contributed by atoms with Gasteiger partial charge in [0.15, 0.2) is 0 Å². The average Bonchev–Trinajstić information content (AvgIpc) is 2.87. The van der Waals surface area contributed by atoms with Crippen LogP contribution in [-0.2, 0) is 17.8 Å². The van der Waals surface area contributed by atoms with Crippen LogP contribution in [0.15, 0.2) is 30.3 Å². The summed E-state index contributed by atoms with van der Waals surface area (Å²) < 4.78 is 43.7. The summed E-state index contributed by atoms with van der Waals surface area (Å²) in [5.41, 5.74) is 0.0525. The minimum absolute atomic E-state index is 0.146. The van der Waals surface area contributed by atoms with E-state index in [4.69, 9.17) is 4.74 Å². The van der Waals surface area contributed by atoms with Crippen molar-refractivity contribution >= 4 is 30.3 Å². The molecule has 0 spiro atoms. The maximum absolute atomic E-state index is 12.5. The van der Waals surface area contributed by atoms with Crippen LogP contribution in [-0.4, -0.2) is 33.6 Å². The van der Waals surface area contributed by atoms with Gasteiger partial charge in [-0.1, -0.05) is 0 Å². The lowest BCUT2D eigenvalue weighted by Gasteiger charge is -2.08. The van der Waals surface area contributed by atoms with Crippen molar-refractivity contribution in [3.8, 4) is 5.75 Å². The number of amides is 1. The predicted molar refractivity (Wildman–Crippen MR) is 91.5 cm³/mol. The maximum atomic E-state index is 12.5. The summed E-state index contributed by atoms with van der Waals surface area (Å²) in [5.74, 6) is -0.255. The van der Waals surface area contributed by atoms with Gasteiger partial charge in [-0.25, -0.2) is 4.68 Å². The number of nitrogens with zero attached hydrogens (tertiary/aromatic N) is 2. The largest absolute Gasteiger partial charge is 0.427 e. The zero-order chi connectivity index (χ0) is 19.3. The topological polar surface area (TPSA) is 73.2 Å². The zero-order valence-electron chi connectivity index (χ0n) is 13.7. The molecule has 1 amide bonds. The first-order valence-electron chi connectivity index (χ1n) is 7.52. The van der Waals surface area contributed by atoms with Gasteiger partial charge in [-0.2, -0.15) is 30.9 Å². The van der Waals surface area contributed by atoms with Crippen molar-refractivity contribution in [2.45, 2.75) is 26.1 Å². The van der Waals surface area contributed by atoms with Gasteiger partial charge in [-0.05, 0) is 24.3 Å². The lowest BCUT2D eigenvalue weighted by Crippen LogP contribution is -2.16. The van der Waals surface area contributed by atoms with E-state index < -0.39 is 24.5 Å². The van der Waals surface area contributed by atoms with Crippen LogP contribution in [0, 0.1) is 0 Å². The van der Waals surface area contributed by atoms with E-state index >= 15 is 0 Å². The highest BCUT2D eigenvalue weighted by molar-refractivity contribution is 7.80. The van der Waals surface area contributed by atoms with Gasteiger partial charge < -0.3 is 10.1 Å². The van der Waals surface area contributed by atoms with E-state index in [2.05, 4.69) is 23.0 Å². The van der Waals surface area contributed by atoms with Crippen LogP contribution in [0.1, 0.15) is 23.0 Å². The Labute approximate surface area is 152 Å². The summed E-state index contributed by atoms with van der Waals surface area (Å²) in [6.07, 6.45) is -5.58. The summed E-state index contributed by atoms with van der Waals surface area (Å²) >= 11 is 4.04. The summed E-state index contributed by atoms with van der Waals surface area (Å²) in [5, 5.41) is 6.38. The van der Waals surface area contributed by atoms with Gasteiger partial charge in [0.25, 0.3) is 5.91 Å². The predicted octanol–water partition coefficient (Wildman–Crippen LogP) is 3.10. The molecule has 0 unspecified atom stereocenters. The Morgan fingerprint density at radius 2 is 1.92 bits per heavy atom. The molecule has 1 N–H and O–H groups in total. The van der Waals surface area contributed by atoms with Gasteiger partial charge in [0, 0.05) is 24.3 Å². The Bertz CT molecular complexity index is 788. The van der Waals surface area contributed by atoms with E-state index in [1.165, 1.54) is 41.9 Å². The Morgan fingerprint density at radius 1 is 1.27 bits per heavy atom. The highest BCUT2D eigenvalue weighted by Gasteiger charge is 2.29. The van der Waals surface area contributed by atoms with Crippen LogP contribution >= 0.6 is 12.6 Å². The van der Waals surface area contributed by atoms with Crippen molar-refractivity contribution in [3.05, 3.63) is 41.6 Å². The molecule has 2 aromatic rings. The van der Waals surface area contributed by atoms with Gasteiger partial charge in [0.1, 0.15) is 11.6 Å². The molecule has 0 saturated carbocycles. The van der Waals surface area contributed by atoms with Crippen molar-refractivity contribution in [3.63, 3.8) is 0 Å². The molecule has 2 rings (SSSR count). The minimum Gasteiger partial charge on any atom is -0.427 e. The normalized spacial score (nSPS) is 11.3. The second-order valence-corrected chi connectivity index (χ2v) is 5.78. The molecule has 0 radical (unpaired) electrons. The molecule has 6 nitrogen and oxygen atoms in total. The molecule has 0 aliphatic carbocycles. The summed E-state index contributed by atoms with van der Waals surface area (Å²) in [6.45, 7) is 1.49. The van der Waals surface area contributed by atoms with Crippen molar-refractivity contribution < 1.29 is 27.5 Å². The number of hydrogen-bond donors (Lipinski definition) is 2. The molecule has 0 aliphatic heterocycles. The van der Waals surface area contributed by atoms with E-state index in [1.807, 2.05) is 0 Å². The van der Waals surface area contributed by atoms with E-state index in [-0.39, 0.29) is 29.4 Å². The number of carbonyl (C=O) groups excluding carboxylic acids is 2. The van der Waals surface area contributed by atoms with Crippen LogP contribution in [0.5, 0.6) is 5.75 Å². The fraction of sp³-hybridized carbons (Fsp3) is 0.312. The quantitative estimate of drug-likeness (QED) is 0.454. The lowest BCUT2D eigenvalue weighted by molar-refractivity contribution is -0.132. The van der Waals surface area contributed by atoms with E-state index in [0.29, 0.717) is 5.75 Å². The maximum Gasteiger partial charge on any atom is 0.394 e. The van der Waals surface area contributed by atoms with Crippen LogP contribution in [0.3, 0.4) is 0 Å². The van der Waals surface area contributed by atoms with Gasteiger partial charge >= 0.3 is 12.1 Å². The Balaban J connectivity index is 2.15. The molecule has 10 heteroatoms. The molecule has 26 heavy (non-hydrogen) atoms. The second kappa shape index (κ2) is 8.26. The number of nitrogens with one attached hydrogen (secondary N) is 1. The summed E-state index contributed by atoms with van der Waals surface area (Å²) in [6, 6.07) is 6.93. The van der Waals surface area contributed by atoms with Gasteiger partial charge in [0.05, 0.1) is 18.7 Å². The van der Waals surface area contributed by atoms with Gasteiger partial charge in [-0.15, -0.1) is 0 Å². The van der Waals surface area contributed by atoms with Crippen molar-refractivity contribution in [1.29, 1.82) is 0 Å². The molecule has 0 saturated heterocycles. The minimum atomic E-state index is -4.39. The van der Waals surface area contributed by atoms with E-state index in [0.717, 1.165) is 0 Å². The number of alkyl halides is 3. The molecule has 0 aliphatic rings. The molecule has 1 heterocycles. The highest BCUT2D eigenvalue weighted by atomic mass is 32.1. The number of rotatable bonds is 6. The third kappa shape index (κ3) is 5.80. The Hall–Kier alpha value is -2.49. The van der Waals surface area contributed by atoms with Gasteiger partial charge in [0.2, 0.25) is 0 Å². The van der Waals surface area contributed by atoms with E-state index in [1.54, 1.807) is 0 Å². The fourth-order valence-corrected chi connectivity index (χ4v) is 2.35. The summed E-state index contributed by atoms with van der Waals surface area (Å²) in [7, 11) is 0. The average molecular weight is 387 g/mol. The number of carbonyl (C=O) groups is 2. The van der Waals surface area contributed by atoms with Crippen LogP contribution < -0.4 is 10.1 Å². The molecule has 0 fully saturated rings. The number of aromatic nitrogens is 2. The highest BCUT2D eigenvalue weighted by Crippen LogP contribution is 2.23. The van der Waals surface area contributed by atoms with Crippen LogP contribution in [0.25, 0.3) is 0 Å². The molecular formula is C16H16F3N3O3S. The SMILES string of the molecule is CC(=O)Oc1ccc(C(=O)Nc2cc(CC(F)(F)F)nn2CCS)cc1. The van der Waals surface area contributed by atoms with Crippen LogP contribution in [0.2, 0.25) is 0 Å². The number of halogens is 3. The Morgan fingerprint density at radius 3 is 2.46 bits per heavy atom. The number of benzene rings is 1. The van der Waals surface area contributed by atoms with E-state index in [9.17, 15) is 22.8 Å². The standard InChI is InChI=1S/C16H16F3N3O3S/c1-10(23)25-13-4-2-11(3-5-13)15(24)20-14-8-12(9-16(17,18)19)21-22(14)6-7-26/h2-5,8,26H,6-7,9H2,1H3,(H,20,24). The number of thiol groups is 1. The number of ether oxygens (including phenoxy) is 1. The zero-order valence-corrected chi connectivity index (χ0v) is 14.6. The lowest BCUT2D eigenvalue weighted by atomic mass is 10.2. The van der Waals surface area contributed by atoms with Crippen LogP contribution in [0.4, 0.5) is 19.0 Å². The first-order valence-corrected chi connectivity index (χ1v) is 8.15. The molecule has 140 valence electrons. The molecule has 0 atom stereocenters. The summed E-state index contributed by atoms with van der Waals surface area (Å²) in [4.78, 5) is 23.2. The monoisotopic (exact) mass is 387 g/mol. The number of anilines is 1.